The van der Waals surface area contributed by atoms with E-state index in [2.05, 4.69) is 17.1 Å². The summed E-state index contributed by atoms with van der Waals surface area (Å²) in [4.78, 5) is 17.9. The molecule has 2 aromatic carbocycles. The average molecular weight is 436 g/mol. The van der Waals surface area contributed by atoms with Crippen LogP contribution in [0.3, 0.4) is 0 Å². The van der Waals surface area contributed by atoms with E-state index in [1.807, 2.05) is 36.3 Å². The van der Waals surface area contributed by atoms with Gasteiger partial charge in [-0.3, -0.25) is 9.80 Å². The Labute approximate surface area is 187 Å². The van der Waals surface area contributed by atoms with Gasteiger partial charge in [0.15, 0.2) is 0 Å². The Morgan fingerprint density at radius 2 is 1.90 bits per heavy atom. The van der Waals surface area contributed by atoms with Crippen molar-refractivity contribution in [2.24, 2.45) is 0 Å². The molecule has 6 heteroatoms. The van der Waals surface area contributed by atoms with Crippen molar-refractivity contribution in [2.45, 2.75) is 50.8 Å². The molecule has 1 saturated carbocycles. The molecule has 1 amide bonds. The van der Waals surface area contributed by atoms with Crippen LogP contribution in [0, 0.1) is 0 Å². The Morgan fingerprint density at radius 1 is 1.13 bits per heavy atom. The van der Waals surface area contributed by atoms with E-state index >= 15 is 0 Å². The number of halogens is 1. The van der Waals surface area contributed by atoms with Gasteiger partial charge in [-0.05, 0) is 58.9 Å². The summed E-state index contributed by atoms with van der Waals surface area (Å²) < 4.78 is 0. The first-order chi connectivity index (χ1) is 15.0. The number of hydrogen-bond acceptors (Lipinski definition) is 4. The Kier molecular flexibility index (Phi) is 5.42. The molecule has 2 heterocycles. The lowest BCUT2D eigenvalue weighted by molar-refractivity contribution is -0.0782. The van der Waals surface area contributed by atoms with Crippen molar-refractivity contribution in [1.82, 2.24) is 15.0 Å². The van der Waals surface area contributed by atoms with E-state index in [1.165, 1.54) is 0 Å². The van der Waals surface area contributed by atoms with E-state index < -0.39 is 6.10 Å². The topological polar surface area (TPSA) is 56.7 Å². The molecule has 1 aliphatic heterocycles. The maximum Gasteiger partial charge on any atom is 0.268 e. The average Bonchev–Trinajstić information content (AvgIpc) is 2.77. The third-order valence-corrected chi connectivity index (χ3v) is 6.85. The summed E-state index contributed by atoms with van der Waals surface area (Å²) in [5.41, 5.74) is 3.95. The van der Waals surface area contributed by atoms with Gasteiger partial charge >= 0.3 is 0 Å². The smallest absolute Gasteiger partial charge is 0.268 e. The number of fused-ring (bicyclic) bond motifs is 3. The van der Waals surface area contributed by atoms with Gasteiger partial charge in [0.05, 0.1) is 12.1 Å². The molecule has 0 bridgehead atoms. The molecule has 5 nitrogen and oxygen atoms in total. The zero-order valence-electron chi connectivity index (χ0n) is 17.6. The van der Waals surface area contributed by atoms with Crippen molar-refractivity contribution in [3.63, 3.8) is 0 Å². The van der Waals surface area contributed by atoms with E-state index in [-0.39, 0.29) is 11.9 Å². The summed E-state index contributed by atoms with van der Waals surface area (Å²) in [6, 6.07) is 13.9. The monoisotopic (exact) mass is 435 g/mol. The number of aliphatic hydroxyl groups is 1. The molecule has 2 atom stereocenters. The van der Waals surface area contributed by atoms with Crippen LogP contribution in [0.25, 0.3) is 10.8 Å². The maximum absolute atomic E-state index is 13.7. The minimum Gasteiger partial charge on any atom is -0.391 e. The highest BCUT2D eigenvalue weighted by Gasteiger charge is 2.39. The van der Waals surface area contributed by atoms with E-state index in [0.717, 1.165) is 58.7 Å². The van der Waals surface area contributed by atoms with Crippen molar-refractivity contribution < 1.29 is 9.90 Å². The number of carbonyl (C=O) groups is 1. The van der Waals surface area contributed by atoms with Gasteiger partial charge < -0.3 is 5.11 Å². The van der Waals surface area contributed by atoms with Gasteiger partial charge in [0.1, 0.15) is 5.15 Å². The molecule has 1 aliphatic carbocycles. The predicted molar refractivity (Wildman–Crippen MR) is 122 cm³/mol. The number of aliphatic hydroxyl groups excluding tert-OH is 1. The highest BCUT2D eigenvalue weighted by Crippen LogP contribution is 2.35. The standard InChI is InChI=1S/C25H26ClN3O2/c1-28-15-21-19-7-3-2-6-18(19)17(12-16-10-11-24(26)27-14-16)13-20(21)25(31)29(28)22-8-4-5-9-23(22)30/h2-3,6-7,10-11,13-14,22-23,30H,4-5,8-9,12,15H2,1H3. The summed E-state index contributed by atoms with van der Waals surface area (Å²) in [6.07, 6.45) is 5.64. The van der Waals surface area contributed by atoms with Crippen molar-refractivity contribution in [1.29, 1.82) is 0 Å². The molecule has 2 unspecified atom stereocenters. The second-order valence-corrected chi connectivity index (χ2v) is 9.05. The first kappa shape index (κ1) is 20.4. The summed E-state index contributed by atoms with van der Waals surface area (Å²) in [6.45, 7) is 0.646. The second kappa shape index (κ2) is 8.23. The van der Waals surface area contributed by atoms with E-state index in [4.69, 9.17) is 11.6 Å². The molecule has 2 aliphatic rings. The fourth-order valence-corrected chi connectivity index (χ4v) is 5.22. The van der Waals surface area contributed by atoms with Crippen LogP contribution in [0.15, 0.2) is 48.7 Å². The number of aromatic nitrogens is 1. The molecule has 160 valence electrons. The molecule has 1 fully saturated rings. The van der Waals surface area contributed by atoms with Gasteiger partial charge in [-0.2, -0.15) is 0 Å². The molecular weight excluding hydrogens is 410 g/mol. The zero-order valence-corrected chi connectivity index (χ0v) is 18.3. The van der Waals surface area contributed by atoms with Gasteiger partial charge in [-0.25, -0.2) is 9.99 Å². The van der Waals surface area contributed by atoms with Gasteiger partial charge in [-0.1, -0.05) is 54.8 Å². The quantitative estimate of drug-likeness (QED) is 0.611. The Balaban J connectivity index is 1.60. The molecule has 31 heavy (non-hydrogen) atoms. The van der Waals surface area contributed by atoms with Crippen molar-refractivity contribution in [2.75, 3.05) is 7.05 Å². The largest absolute Gasteiger partial charge is 0.391 e. The van der Waals surface area contributed by atoms with E-state index in [0.29, 0.717) is 18.1 Å². The van der Waals surface area contributed by atoms with E-state index in [9.17, 15) is 9.90 Å². The van der Waals surface area contributed by atoms with Crippen LogP contribution < -0.4 is 0 Å². The van der Waals surface area contributed by atoms with Crippen LogP contribution in [0.2, 0.25) is 5.15 Å². The lowest BCUT2D eigenvalue weighted by Crippen LogP contribution is -2.57. The first-order valence-corrected chi connectivity index (χ1v) is 11.3. The van der Waals surface area contributed by atoms with Crippen LogP contribution in [-0.2, 0) is 13.0 Å². The number of amides is 1. The van der Waals surface area contributed by atoms with Crippen LogP contribution >= 0.6 is 11.6 Å². The van der Waals surface area contributed by atoms with Crippen molar-refractivity contribution in [3.05, 3.63) is 76.1 Å². The number of benzene rings is 2. The number of hydrazine groups is 1. The highest BCUT2D eigenvalue weighted by molar-refractivity contribution is 6.29. The third-order valence-electron chi connectivity index (χ3n) is 6.63. The molecule has 0 spiro atoms. The number of carbonyl (C=O) groups excluding carboxylic acids is 1. The molecular formula is C25H26ClN3O2. The second-order valence-electron chi connectivity index (χ2n) is 8.66. The molecule has 0 saturated heterocycles. The Morgan fingerprint density at radius 3 is 2.65 bits per heavy atom. The van der Waals surface area contributed by atoms with Gasteiger partial charge in [0.25, 0.3) is 5.91 Å². The van der Waals surface area contributed by atoms with Crippen LogP contribution in [0.1, 0.15) is 52.7 Å². The number of hydrogen-bond donors (Lipinski definition) is 1. The zero-order chi connectivity index (χ0) is 21.5. The fourth-order valence-electron chi connectivity index (χ4n) is 5.11. The number of rotatable bonds is 3. The van der Waals surface area contributed by atoms with Crippen LogP contribution in [0.5, 0.6) is 0 Å². The minimum absolute atomic E-state index is 0.0177. The first-order valence-electron chi connectivity index (χ1n) is 10.9. The Hall–Kier alpha value is -2.47. The lowest BCUT2D eigenvalue weighted by atomic mass is 9.88. The highest BCUT2D eigenvalue weighted by atomic mass is 35.5. The number of pyridine rings is 1. The van der Waals surface area contributed by atoms with Crippen molar-refractivity contribution >= 4 is 28.3 Å². The normalized spacial score (nSPS) is 22.0. The summed E-state index contributed by atoms with van der Waals surface area (Å²) in [5, 5.41) is 17.1. The molecule has 5 rings (SSSR count). The summed E-state index contributed by atoms with van der Waals surface area (Å²) in [7, 11) is 1.95. The van der Waals surface area contributed by atoms with Crippen LogP contribution in [-0.4, -0.2) is 45.2 Å². The predicted octanol–water partition coefficient (Wildman–Crippen LogP) is 4.59. The molecule has 0 radical (unpaired) electrons. The maximum atomic E-state index is 13.7. The van der Waals surface area contributed by atoms with Gasteiger partial charge in [0.2, 0.25) is 0 Å². The SMILES string of the molecule is CN1Cc2c(cc(Cc3ccc(Cl)nc3)c3ccccc23)C(=O)N1C1CCCCC1O. The van der Waals surface area contributed by atoms with Crippen LogP contribution in [0.4, 0.5) is 0 Å². The molecule has 3 aromatic rings. The summed E-state index contributed by atoms with van der Waals surface area (Å²) in [5.74, 6) is -0.0177. The minimum atomic E-state index is -0.471. The Bertz CT molecular complexity index is 1130. The lowest BCUT2D eigenvalue weighted by Gasteiger charge is -2.45. The fraction of sp³-hybridized carbons (Fsp3) is 0.360. The van der Waals surface area contributed by atoms with Crippen molar-refractivity contribution in [3.8, 4) is 0 Å². The third kappa shape index (κ3) is 3.71. The van der Waals surface area contributed by atoms with Gasteiger partial charge in [0, 0.05) is 25.4 Å². The molecule has 1 N–H and O–H groups in total. The number of nitrogens with zero attached hydrogens (tertiary/aromatic N) is 3. The summed E-state index contributed by atoms with van der Waals surface area (Å²) >= 11 is 5.95. The molecule has 1 aromatic heterocycles. The van der Waals surface area contributed by atoms with Gasteiger partial charge in [-0.15, -0.1) is 0 Å². The van der Waals surface area contributed by atoms with E-state index in [1.54, 1.807) is 17.3 Å².